The summed E-state index contributed by atoms with van der Waals surface area (Å²) in [6.45, 7) is 5.79. The van der Waals surface area contributed by atoms with Crippen LogP contribution < -0.4 is 0 Å². The van der Waals surface area contributed by atoms with Gasteiger partial charge in [-0.2, -0.15) is 0 Å². The fraction of sp³-hybridized carbons (Fsp3) is 0.875. The molecular formula is C16H26N2O5. The van der Waals surface area contributed by atoms with Crippen molar-refractivity contribution in [3.05, 3.63) is 4.91 Å². The fourth-order valence-electron chi connectivity index (χ4n) is 3.12. The molecule has 1 saturated heterocycles. The van der Waals surface area contributed by atoms with Gasteiger partial charge in [0.2, 0.25) is 5.72 Å². The first kappa shape index (κ1) is 17.7. The minimum absolute atomic E-state index is 0.455. The van der Waals surface area contributed by atoms with Crippen LogP contribution in [0.2, 0.25) is 0 Å². The van der Waals surface area contributed by atoms with Crippen LogP contribution in [0.25, 0.3) is 0 Å². The summed E-state index contributed by atoms with van der Waals surface area (Å²) in [6.07, 6.45) is 4.28. The molecule has 1 saturated carbocycles. The van der Waals surface area contributed by atoms with Gasteiger partial charge in [-0.1, -0.05) is 6.42 Å². The van der Waals surface area contributed by atoms with Crippen molar-refractivity contribution in [2.24, 2.45) is 5.18 Å². The molecule has 7 heteroatoms. The topological polar surface area (TPSA) is 85.3 Å². The minimum atomic E-state index is -1.25. The zero-order valence-electron chi connectivity index (χ0n) is 14.2. The molecule has 0 spiro atoms. The van der Waals surface area contributed by atoms with Crippen molar-refractivity contribution in [1.82, 2.24) is 4.90 Å². The van der Waals surface area contributed by atoms with E-state index in [2.05, 4.69) is 5.18 Å². The highest BCUT2D eigenvalue weighted by Crippen LogP contribution is 2.34. The summed E-state index contributed by atoms with van der Waals surface area (Å²) in [5.41, 5.74) is -1.87. The van der Waals surface area contributed by atoms with Gasteiger partial charge in [-0.15, -0.1) is 4.91 Å². The quantitative estimate of drug-likeness (QED) is 0.586. The molecule has 2 aliphatic rings. The second-order valence-electron chi connectivity index (χ2n) is 7.35. The maximum Gasteiger partial charge on any atom is 0.411 e. The van der Waals surface area contributed by atoms with Crippen LogP contribution in [0, 0.1) is 4.91 Å². The van der Waals surface area contributed by atoms with Crippen LogP contribution >= 0.6 is 0 Å². The van der Waals surface area contributed by atoms with Gasteiger partial charge in [0, 0.05) is 19.4 Å². The number of amides is 1. The summed E-state index contributed by atoms with van der Waals surface area (Å²) >= 11 is 0. The summed E-state index contributed by atoms with van der Waals surface area (Å²) in [5.74, 6) is -0.546. The average molecular weight is 326 g/mol. The van der Waals surface area contributed by atoms with Gasteiger partial charge in [-0.3, -0.25) is 4.90 Å². The molecule has 130 valence electrons. The summed E-state index contributed by atoms with van der Waals surface area (Å²) in [6, 6.07) is -0.689. The molecule has 0 radical (unpaired) electrons. The zero-order chi connectivity index (χ0) is 17.1. The molecule has 0 N–H and O–H groups in total. The molecule has 1 heterocycles. The van der Waals surface area contributed by atoms with Gasteiger partial charge < -0.3 is 9.47 Å². The monoisotopic (exact) mass is 326 g/mol. The van der Waals surface area contributed by atoms with E-state index in [9.17, 15) is 14.5 Å². The first-order chi connectivity index (χ1) is 10.8. The average Bonchev–Trinajstić information content (AvgIpc) is 2.96. The maximum atomic E-state index is 12.5. The molecule has 0 unspecified atom stereocenters. The lowest BCUT2D eigenvalue weighted by molar-refractivity contribution is -0.167. The van der Waals surface area contributed by atoms with Gasteiger partial charge in [0.05, 0.1) is 0 Å². The lowest BCUT2D eigenvalue weighted by Gasteiger charge is -2.33. The molecule has 1 aliphatic carbocycles. The molecule has 0 aromatic rings. The van der Waals surface area contributed by atoms with Crippen molar-refractivity contribution in [1.29, 1.82) is 0 Å². The van der Waals surface area contributed by atoms with E-state index >= 15 is 0 Å². The van der Waals surface area contributed by atoms with Crippen molar-refractivity contribution >= 4 is 12.1 Å². The standard InChI is InChI=1S/C16H26N2O5/c1-15(2,3)23-14(20)18-11-7-8-12(18)13(19)22-16(17-21)9-5-4-6-10-16/h12H,4-11H2,1-3H3/t12-/m0/s1. The molecule has 0 aromatic heterocycles. The second kappa shape index (κ2) is 6.84. The summed E-state index contributed by atoms with van der Waals surface area (Å²) in [5, 5.41) is 3.09. The highest BCUT2D eigenvalue weighted by Gasteiger charge is 2.43. The Kier molecular flexibility index (Phi) is 5.26. The molecule has 2 rings (SSSR count). The summed E-state index contributed by atoms with van der Waals surface area (Å²) in [4.78, 5) is 37.3. The van der Waals surface area contributed by atoms with Gasteiger partial charge in [-0.05, 0) is 51.6 Å². The third-order valence-electron chi connectivity index (χ3n) is 4.24. The van der Waals surface area contributed by atoms with E-state index in [0.717, 1.165) is 19.3 Å². The van der Waals surface area contributed by atoms with Crippen LogP contribution in [0.4, 0.5) is 4.79 Å². The lowest BCUT2D eigenvalue weighted by Crippen LogP contribution is -2.47. The maximum absolute atomic E-state index is 12.5. The largest absolute Gasteiger partial charge is 0.444 e. The van der Waals surface area contributed by atoms with E-state index < -0.39 is 29.4 Å². The van der Waals surface area contributed by atoms with Crippen LogP contribution in [0.3, 0.4) is 0 Å². The van der Waals surface area contributed by atoms with Gasteiger partial charge in [0.25, 0.3) is 0 Å². The van der Waals surface area contributed by atoms with Crippen molar-refractivity contribution in [2.45, 2.75) is 83.1 Å². The summed E-state index contributed by atoms with van der Waals surface area (Å²) in [7, 11) is 0. The Morgan fingerprint density at radius 1 is 1.13 bits per heavy atom. The van der Waals surface area contributed by atoms with Crippen LogP contribution in [0.5, 0.6) is 0 Å². The van der Waals surface area contributed by atoms with Gasteiger partial charge in [0.1, 0.15) is 11.6 Å². The first-order valence-corrected chi connectivity index (χ1v) is 8.33. The van der Waals surface area contributed by atoms with Crippen molar-refractivity contribution in [3.63, 3.8) is 0 Å². The van der Waals surface area contributed by atoms with Gasteiger partial charge >= 0.3 is 12.1 Å². The van der Waals surface area contributed by atoms with Crippen LogP contribution in [0.1, 0.15) is 65.7 Å². The Labute approximate surface area is 136 Å². The second-order valence-corrected chi connectivity index (χ2v) is 7.35. The number of nitrogens with zero attached hydrogens (tertiary/aromatic N) is 2. The number of hydrogen-bond acceptors (Lipinski definition) is 6. The predicted molar refractivity (Wildman–Crippen MR) is 83.7 cm³/mol. The molecule has 0 bridgehead atoms. The van der Waals surface area contributed by atoms with E-state index in [1.54, 1.807) is 20.8 Å². The highest BCUT2D eigenvalue weighted by atomic mass is 16.6. The molecule has 0 aromatic carbocycles. The van der Waals surface area contributed by atoms with E-state index in [-0.39, 0.29) is 0 Å². The van der Waals surface area contributed by atoms with Crippen LogP contribution in [-0.4, -0.2) is 40.9 Å². The zero-order valence-corrected chi connectivity index (χ0v) is 14.2. The number of carbonyl (C=O) groups is 2. The Balaban J connectivity index is 2.02. The number of nitroso groups, excluding NO2 is 1. The van der Waals surface area contributed by atoms with Crippen LogP contribution in [0.15, 0.2) is 5.18 Å². The number of esters is 1. The SMILES string of the molecule is CC(C)(C)OC(=O)N1CCC[C@H]1C(=O)OC1(N=O)CCCCC1. The fourth-order valence-corrected chi connectivity index (χ4v) is 3.12. The Morgan fingerprint density at radius 2 is 1.78 bits per heavy atom. The lowest BCUT2D eigenvalue weighted by atomic mass is 9.92. The Hall–Kier alpha value is -1.66. The smallest absolute Gasteiger partial charge is 0.411 e. The Morgan fingerprint density at radius 3 is 2.35 bits per heavy atom. The third-order valence-corrected chi connectivity index (χ3v) is 4.24. The highest BCUT2D eigenvalue weighted by molar-refractivity contribution is 5.82. The molecule has 1 atom stereocenters. The number of carbonyl (C=O) groups excluding carboxylic acids is 2. The Bertz CT molecular complexity index is 466. The van der Waals surface area contributed by atoms with Gasteiger partial charge in [0.15, 0.2) is 0 Å². The van der Waals surface area contributed by atoms with E-state index in [4.69, 9.17) is 9.47 Å². The molecule has 2 fully saturated rings. The number of hydrogen-bond donors (Lipinski definition) is 0. The predicted octanol–water partition coefficient (Wildman–Crippen LogP) is 3.36. The molecule has 1 amide bonds. The summed E-state index contributed by atoms with van der Waals surface area (Å²) < 4.78 is 10.8. The van der Waals surface area contributed by atoms with Crippen molar-refractivity contribution in [3.8, 4) is 0 Å². The van der Waals surface area contributed by atoms with E-state index in [0.29, 0.717) is 32.2 Å². The van der Waals surface area contributed by atoms with Crippen molar-refractivity contribution < 1.29 is 19.1 Å². The number of rotatable bonds is 3. The third kappa shape index (κ3) is 4.42. The number of ether oxygens (including phenoxy) is 2. The van der Waals surface area contributed by atoms with E-state index in [1.807, 2.05) is 0 Å². The molecule has 7 nitrogen and oxygen atoms in total. The van der Waals surface area contributed by atoms with Gasteiger partial charge in [-0.25, -0.2) is 9.59 Å². The molecule has 1 aliphatic heterocycles. The molecule has 23 heavy (non-hydrogen) atoms. The minimum Gasteiger partial charge on any atom is -0.444 e. The first-order valence-electron chi connectivity index (χ1n) is 8.33. The normalized spacial score (nSPS) is 24.1. The van der Waals surface area contributed by atoms with E-state index in [1.165, 1.54) is 4.90 Å². The van der Waals surface area contributed by atoms with Crippen molar-refractivity contribution in [2.75, 3.05) is 6.54 Å². The number of likely N-dealkylation sites (tertiary alicyclic amines) is 1. The molecular weight excluding hydrogens is 300 g/mol. The van der Waals surface area contributed by atoms with Crippen LogP contribution in [-0.2, 0) is 14.3 Å².